The Bertz CT molecular complexity index is 448. The van der Waals surface area contributed by atoms with Gasteiger partial charge in [0, 0.05) is 0 Å². The van der Waals surface area contributed by atoms with E-state index in [1.165, 1.54) is 25.7 Å². The summed E-state index contributed by atoms with van der Waals surface area (Å²) < 4.78 is 0. The molecule has 0 radical (unpaired) electrons. The predicted molar refractivity (Wildman–Crippen MR) is 79.6 cm³/mol. The Balaban J connectivity index is 1.81. The normalized spacial score (nSPS) is 34.6. The molecule has 1 aromatic rings. The Hall–Kier alpha value is -0.730. The first kappa shape index (κ1) is 13.3. The van der Waals surface area contributed by atoms with Crippen molar-refractivity contribution in [3.05, 3.63) is 29.3 Å². The van der Waals surface area contributed by atoms with Crippen LogP contribution in [0.4, 0.5) is 5.69 Å². The number of benzene rings is 1. The molecule has 2 N–H and O–H groups in total. The molecule has 0 aliphatic heterocycles. The second-order valence-electron chi connectivity index (χ2n) is 6.04. The molecule has 2 fully saturated rings. The molecule has 2 aliphatic rings. The van der Waals surface area contributed by atoms with E-state index in [1.54, 1.807) is 0 Å². The summed E-state index contributed by atoms with van der Waals surface area (Å²) in [6.07, 6.45) is 7.95. The third-order valence-electron chi connectivity index (χ3n) is 4.94. The largest absolute Gasteiger partial charge is 0.387 e. The molecule has 0 spiro atoms. The highest BCUT2D eigenvalue weighted by molar-refractivity contribution is 6.33. The molecule has 0 amide bonds. The second-order valence-corrected chi connectivity index (χ2v) is 6.45. The first-order valence-corrected chi connectivity index (χ1v) is 7.81. The van der Waals surface area contributed by atoms with E-state index in [9.17, 15) is 5.11 Å². The van der Waals surface area contributed by atoms with Crippen molar-refractivity contribution in [2.24, 2.45) is 5.92 Å². The van der Waals surface area contributed by atoms with Gasteiger partial charge in [0.15, 0.2) is 0 Å². The quantitative estimate of drug-likeness (QED) is 0.849. The van der Waals surface area contributed by atoms with Crippen molar-refractivity contribution in [3.8, 4) is 0 Å². The van der Waals surface area contributed by atoms with E-state index >= 15 is 0 Å². The summed E-state index contributed by atoms with van der Waals surface area (Å²) in [6, 6.07) is 7.96. The number of nitrogens with one attached hydrogen (secondary N) is 1. The predicted octanol–water partition coefficient (Wildman–Crippen LogP) is 4.23. The first-order valence-electron chi connectivity index (χ1n) is 7.43. The number of rotatable bonds is 2. The first-order chi connectivity index (χ1) is 9.20. The van der Waals surface area contributed by atoms with Crippen LogP contribution in [0.15, 0.2) is 24.3 Å². The van der Waals surface area contributed by atoms with Gasteiger partial charge in [0.05, 0.1) is 22.4 Å². The fourth-order valence-electron chi connectivity index (χ4n) is 3.89. The summed E-state index contributed by atoms with van der Waals surface area (Å²) in [6.45, 7) is 0. The molecule has 0 heterocycles. The van der Waals surface area contributed by atoms with Crippen LogP contribution in [-0.4, -0.2) is 16.7 Å². The highest BCUT2D eigenvalue weighted by atomic mass is 35.5. The molecule has 0 aromatic heterocycles. The number of para-hydroxylation sites is 1. The Labute approximate surface area is 120 Å². The molecule has 3 rings (SSSR count). The lowest BCUT2D eigenvalue weighted by molar-refractivity contribution is -0.0835. The van der Waals surface area contributed by atoms with Crippen molar-refractivity contribution in [3.63, 3.8) is 0 Å². The van der Waals surface area contributed by atoms with Gasteiger partial charge in [-0.3, -0.25) is 0 Å². The Morgan fingerprint density at radius 3 is 2.74 bits per heavy atom. The Kier molecular flexibility index (Phi) is 3.72. The zero-order chi connectivity index (χ0) is 13.3. The van der Waals surface area contributed by atoms with Gasteiger partial charge in [-0.05, 0) is 43.7 Å². The minimum absolute atomic E-state index is 0.145. The minimum Gasteiger partial charge on any atom is -0.387 e. The summed E-state index contributed by atoms with van der Waals surface area (Å²) in [5, 5.41) is 15.3. The molecule has 3 unspecified atom stereocenters. The average Bonchev–Trinajstić information content (AvgIpc) is 2.42. The third kappa shape index (κ3) is 2.48. The van der Waals surface area contributed by atoms with Crippen molar-refractivity contribution >= 4 is 17.3 Å². The van der Waals surface area contributed by atoms with Gasteiger partial charge in [-0.25, -0.2) is 0 Å². The number of anilines is 1. The molecule has 3 atom stereocenters. The van der Waals surface area contributed by atoms with Crippen LogP contribution in [0.25, 0.3) is 0 Å². The summed E-state index contributed by atoms with van der Waals surface area (Å²) in [7, 11) is 0. The van der Waals surface area contributed by atoms with Crippen LogP contribution in [0.5, 0.6) is 0 Å². The van der Waals surface area contributed by atoms with E-state index in [0.717, 1.165) is 30.0 Å². The van der Waals surface area contributed by atoms with Crippen LogP contribution >= 0.6 is 11.6 Å². The van der Waals surface area contributed by atoms with Gasteiger partial charge in [-0.2, -0.15) is 0 Å². The van der Waals surface area contributed by atoms with Crippen molar-refractivity contribution < 1.29 is 5.11 Å². The number of hydrogen-bond donors (Lipinski definition) is 2. The SMILES string of the molecule is OC12CCCCC1CCCC2Nc1ccccc1Cl. The highest BCUT2D eigenvalue weighted by Crippen LogP contribution is 2.45. The zero-order valence-corrected chi connectivity index (χ0v) is 12.0. The van der Waals surface area contributed by atoms with Gasteiger partial charge < -0.3 is 10.4 Å². The number of fused-ring (bicyclic) bond motifs is 1. The smallest absolute Gasteiger partial charge is 0.0875 e. The molecule has 2 nitrogen and oxygen atoms in total. The second kappa shape index (κ2) is 5.34. The molecular formula is C16H22ClNO. The van der Waals surface area contributed by atoms with Gasteiger partial charge >= 0.3 is 0 Å². The number of aliphatic hydroxyl groups is 1. The zero-order valence-electron chi connectivity index (χ0n) is 11.2. The van der Waals surface area contributed by atoms with Gasteiger partial charge in [0.2, 0.25) is 0 Å². The van der Waals surface area contributed by atoms with Crippen LogP contribution in [0.3, 0.4) is 0 Å². The lowest BCUT2D eigenvalue weighted by atomic mass is 9.65. The van der Waals surface area contributed by atoms with E-state index < -0.39 is 5.60 Å². The van der Waals surface area contributed by atoms with E-state index in [0.29, 0.717) is 5.92 Å². The maximum atomic E-state index is 11.1. The standard InChI is InChI=1S/C16H22ClNO/c17-13-8-1-2-9-14(13)18-15-10-5-7-12-6-3-4-11-16(12,15)19/h1-2,8-9,12,15,18-19H,3-7,10-11H2. The maximum Gasteiger partial charge on any atom is 0.0875 e. The summed E-state index contributed by atoms with van der Waals surface area (Å²) in [5.41, 5.74) is 0.421. The van der Waals surface area contributed by atoms with Crippen LogP contribution in [0, 0.1) is 5.92 Å². The molecule has 2 saturated carbocycles. The van der Waals surface area contributed by atoms with Gasteiger partial charge in [0.25, 0.3) is 0 Å². The molecule has 104 valence electrons. The molecular weight excluding hydrogens is 258 g/mol. The van der Waals surface area contributed by atoms with Crippen LogP contribution in [-0.2, 0) is 0 Å². The van der Waals surface area contributed by atoms with Gasteiger partial charge in [0.1, 0.15) is 0 Å². The Morgan fingerprint density at radius 1 is 1.11 bits per heavy atom. The summed E-state index contributed by atoms with van der Waals surface area (Å²) in [4.78, 5) is 0. The molecule has 19 heavy (non-hydrogen) atoms. The van der Waals surface area contributed by atoms with Gasteiger partial charge in [-0.1, -0.05) is 43.0 Å². The Morgan fingerprint density at radius 2 is 1.89 bits per heavy atom. The van der Waals surface area contributed by atoms with Crippen molar-refractivity contribution in [1.29, 1.82) is 0 Å². The van der Waals surface area contributed by atoms with Crippen molar-refractivity contribution in [2.75, 3.05) is 5.32 Å². The van der Waals surface area contributed by atoms with Crippen molar-refractivity contribution in [2.45, 2.75) is 56.6 Å². The van der Waals surface area contributed by atoms with E-state index in [4.69, 9.17) is 11.6 Å². The summed E-state index contributed by atoms with van der Waals surface area (Å²) in [5.74, 6) is 0.468. The maximum absolute atomic E-state index is 11.1. The fourth-order valence-corrected chi connectivity index (χ4v) is 4.08. The topological polar surface area (TPSA) is 32.3 Å². The van der Waals surface area contributed by atoms with E-state index in [2.05, 4.69) is 5.32 Å². The number of hydrogen-bond acceptors (Lipinski definition) is 2. The van der Waals surface area contributed by atoms with Gasteiger partial charge in [-0.15, -0.1) is 0 Å². The third-order valence-corrected chi connectivity index (χ3v) is 5.27. The summed E-state index contributed by atoms with van der Waals surface area (Å²) >= 11 is 6.22. The number of halogens is 1. The fraction of sp³-hybridized carbons (Fsp3) is 0.625. The molecule has 2 aliphatic carbocycles. The average molecular weight is 280 g/mol. The van der Waals surface area contributed by atoms with Crippen LogP contribution in [0.1, 0.15) is 44.9 Å². The van der Waals surface area contributed by atoms with Crippen LogP contribution < -0.4 is 5.32 Å². The molecule has 1 aromatic carbocycles. The lowest BCUT2D eigenvalue weighted by Gasteiger charge is -2.49. The van der Waals surface area contributed by atoms with E-state index in [1.807, 2.05) is 24.3 Å². The minimum atomic E-state index is -0.532. The lowest BCUT2D eigenvalue weighted by Crippen LogP contribution is -2.56. The molecule has 3 heteroatoms. The van der Waals surface area contributed by atoms with E-state index in [-0.39, 0.29) is 6.04 Å². The van der Waals surface area contributed by atoms with Crippen LogP contribution in [0.2, 0.25) is 5.02 Å². The monoisotopic (exact) mass is 279 g/mol. The molecule has 0 saturated heterocycles. The molecule has 0 bridgehead atoms. The van der Waals surface area contributed by atoms with Crippen molar-refractivity contribution in [1.82, 2.24) is 0 Å². The highest BCUT2D eigenvalue weighted by Gasteiger charge is 2.47.